The second-order valence-corrected chi connectivity index (χ2v) is 7.84. The number of hydrogen-bond donors (Lipinski definition) is 1. The summed E-state index contributed by atoms with van der Waals surface area (Å²) >= 11 is 0. The molecule has 0 saturated carbocycles. The zero-order valence-electron chi connectivity index (χ0n) is 19.1. The van der Waals surface area contributed by atoms with Crippen molar-refractivity contribution in [3.63, 3.8) is 0 Å². The Morgan fingerprint density at radius 1 is 0.917 bits per heavy atom. The molecular formula is C25H20F6N2O3. The molecule has 0 unspecified atom stereocenters. The minimum Gasteiger partial charge on any atom is -0.464 e. The van der Waals surface area contributed by atoms with Gasteiger partial charge in [0.05, 0.1) is 23.8 Å². The summed E-state index contributed by atoms with van der Waals surface area (Å²) in [7, 11) is 1.18. The molecule has 11 heteroatoms. The number of carbonyl (C=O) groups is 2. The van der Waals surface area contributed by atoms with Crippen molar-refractivity contribution in [1.82, 2.24) is 10.3 Å². The fraction of sp³-hybridized carbons (Fsp3) is 0.240. The number of amides is 1. The predicted molar refractivity (Wildman–Crippen MR) is 118 cm³/mol. The number of pyridine rings is 1. The van der Waals surface area contributed by atoms with Gasteiger partial charge in [0.15, 0.2) is 0 Å². The topological polar surface area (TPSA) is 68.3 Å². The van der Waals surface area contributed by atoms with Crippen LogP contribution < -0.4 is 5.32 Å². The fourth-order valence-electron chi connectivity index (χ4n) is 3.53. The fourth-order valence-corrected chi connectivity index (χ4v) is 3.53. The first-order valence-corrected chi connectivity index (χ1v) is 10.5. The van der Waals surface area contributed by atoms with Gasteiger partial charge in [-0.2, -0.15) is 26.3 Å². The molecule has 0 fully saturated rings. The van der Waals surface area contributed by atoms with E-state index in [0.717, 1.165) is 11.8 Å². The zero-order chi connectivity index (χ0) is 26.7. The smallest absolute Gasteiger partial charge is 0.416 e. The molecule has 0 spiro atoms. The van der Waals surface area contributed by atoms with E-state index in [2.05, 4.69) is 15.0 Å². The Balaban J connectivity index is 1.87. The number of ether oxygens (including phenoxy) is 1. The van der Waals surface area contributed by atoms with Gasteiger partial charge in [0.1, 0.15) is 5.69 Å². The third-order valence-electron chi connectivity index (χ3n) is 5.33. The van der Waals surface area contributed by atoms with Crippen LogP contribution in [0.15, 0.2) is 54.7 Å². The molecule has 190 valence electrons. The Bertz CT molecular complexity index is 1250. The normalized spacial score (nSPS) is 11.8. The van der Waals surface area contributed by atoms with E-state index in [1.54, 1.807) is 31.2 Å². The van der Waals surface area contributed by atoms with Crippen molar-refractivity contribution < 1.29 is 40.7 Å². The number of nitrogens with one attached hydrogen (secondary N) is 1. The Kier molecular flexibility index (Phi) is 7.71. The first-order valence-electron chi connectivity index (χ1n) is 10.5. The lowest BCUT2D eigenvalue weighted by Crippen LogP contribution is -2.27. The third kappa shape index (κ3) is 6.21. The van der Waals surface area contributed by atoms with Crippen LogP contribution in [0.1, 0.15) is 43.1 Å². The number of esters is 1. The molecule has 0 bridgehead atoms. The number of aromatic nitrogens is 1. The molecule has 1 aromatic heterocycles. The Labute approximate surface area is 202 Å². The van der Waals surface area contributed by atoms with Crippen LogP contribution in [0.4, 0.5) is 26.3 Å². The highest BCUT2D eigenvalue weighted by molar-refractivity contribution is 6.02. The van der Waals surface area contributed by atoms with Crippen LogP contribution in [0.5, 0.6) is 0 Å². The predicted octanol–water partition coefficient (Wildman–Crippen LogP) is 5.85. The molecule has 3 rings (SSSR count). The average molecular weight is 510 g/mol. The highest BCUT2D eigenvalue weighted by atomic mass is 19.4. The van der Waals surface area contributed by atoms with Gasteiger partial charge in [-0.25, -0.2) is 9.78 Å². The van der Waals surface area contributed by atoms with Crippen LogP contribution >= 0.6 is 0 Å². The Hall–Kier alpha value is -3.89. The molecule has 2 aromatic carbocycles. The quantitative estimate of drug-likeness (QED) is 0.334. The molecule has 1 amide bonds. The Morgan fingerprint density at radius 3 is 2.08 bits per heavy atom. The lowest BCUT2D eigenvalue weighted by atomic mass is 9.96. The van der Waals surface area contributed by atoms with Gasteiger partial charge in [-0.1, -0.05) is 24.3 Å². The highest BCUT2D eigenvalue weighted by Crippen LogP contribution is 2.36. The van der Waals surface area contributed by atoms with Gasteiger partial charge in [-0.15, -0.1) is 0 Å². The summed E-state index contributed by atoms with van der Waals surface area (Å²) in [6.45, 7) is 1.55. The molecule has 36 heavy (non-hydrogen) atoms. The molecule has 0 atom stereocenters. The van der Waals surface area contributed by atoms with Crippen molar-refractivity contribution in [2.75, 3.05) is 13.7 Å². The van der Waals surface area contributed by atoms with Crippen LogP contribution in [0.25, 0.3) is 11.1 Å². The number of alkyl halides is 6. The number of carbonyl (C=O) groups excluding carboxylic acids is 2. The summed E-state index contributed by atoms with van der Waals surface area (Å²) in [6, 6.07) is 9.70. The van der Waals surface area contributed by atoms with Gasteiger partial charge in [-0.3, -0.25) is 4.79 Å². The average Bonchev–Trinajstić information content (AvgIpc) is 2.82. The summed E-state index contributed by atoms with van der Waals surface area (Å²) in [5.41, 5.74) is -1.30. The van der Waals surface area contributed by atoms with Gasteiger partial charge in [0.2, 0.25) is 0 Å². The number of rotatable bonds is 6. The van der Waals surface area contributed by atoms with E-state index in [1.165, 1.54) is 13.2 Å². The van der Waals surface area contributed by atoms with Crippen LogP contribution in [-0.2, 0) is 23.5 Å². The van der Waals surface area contributed by atoms with E-state index in [1.807, 2.05) is 0 Å². The van der Waals surface area contributed by atoms with Crippen LogP contribution in [0.2, 0.25) is 0 Å². The number of nitrogens with zero attached hydrogens (tertiary/aromatic N) is 1. The number of methoxy groups -OCH3 is 1. The van der Waals surface area contributed by atoms with Crippen molar-refractivity contribution in [3.05, 3.63) is 88.2 Å². The minimum absolute atomic E-state index is 0.0454. The summed E-state index contributed by atoms with van der Waals surface area (Å²) in [5, 5.41) is 2.50. The van der Waals surface area contributed by atoms with Crippen molar-refractivity contribution in [2.45, 2.75) is 25.7 Å². The maximum atomic E-state index is 13.1. The molecule has 0 aliphatic carbocycles. The molecule has 1 N–H and O–H groups in total. The number of hydrogen-bond acceptors (Lipinski definition) is 4. The van der Waals surface area contributed by atoms with Crippen molar-refractivity contribution in [1.29, 1.82) is 0 Å². The number of aryl methyl sites for hydroxylation is 1. The number of halogens is 6. The van der Waals surface area contributed by atoms with Gasteiger partial charge >= 0.3 is 18.3 Å². The van der Waals surface area contributed by atoms with Crippen molar-refractivity contribution in [2.24, 2.45) is 0 Å². The van der Waals surface area contributed by atoms with E-state index in [-0.39, 0.29) is 35.9 Å². The standard InChI is InChI=1S/C25H20F6N2O3/c1-14-5-3-4-6-18(14)19-12-21(23(35)36-2)33-13-20(19)22(34)32-8-7-15-9-16(24(26,27)28)11-17(10-15)25(29,30)31/h3-6,9-13H,7-8H2,1-2H3,(H,32,34). The summed E-state index contributed by atoms with van der Waals surface area (Å²) in [5.74, 6) is -1.39. The maximum Gasteiger partial charge on any atom is 0.416 e. The molecule has 3 aromatic rings. The van der Waals surface area contributed by atoms with E-state index >= 15 is 0 Å². The Morgan fingerprint density at radius 2 is 1.53 bits per heavy atom. The maximum absolute atomic E-state index is 13.1. The molecular weight excluding hydrogens is 490 g/mol. The zero-order valence-corrected chi connectivity index (χ0v) is 19.1. The summed E-state index contributed by atoms with van der Waals surface area (Å²) in [4.78, 5) is 28.8. The molecule has 0 aliphatic rings. The van der Waals surface area contributed by atoms with Crippen molar-refractivity contribution in [3.8, 4) is 11.1 Å². The molecule has 0 saturated heterocycles. The second kappa shape index (κ2) is 10.4. The van der Waals surface area contributed by atoms with Crippen LogP contribution in [0.3, 0.4) is 0 Å². The van der Waals surface area contributed by atoms with Crippen LogP contribution in [0, 0.1) is 6.92 Å². The van der Waals surface area contributed by atoms with Gasteiger partial charge in [0, 0.05) is 12.7 Å². The van der Waals surface area contributed by atoms with Gasteiger partial charge in [0.25, 0.3) is 5.91 Å². The van der Waals surface area contributed by atoms with E-state index in [4.69, 9.17) is 0 Å². The van der Waals surface area contributed by atoms with Crippen molar-refractivity contribution >= 4 is 11.9 Å². The molecule has 5 nitrogen and oxygen atoms in total. The SMILES string of the molecule is COC(=O)c1cc(-c2ccccc2C)c(C(=O)NCCc2cc(C(F)(F)F)cc(C(F)(F)F)c2)cn1. The van der Waals surface area contributed by atoms with E-state index in [9.17, 15) is 35.9 Å². The summed E-state index contributed by atoms with van der Waals surface area (Å²) in [6.07, 6.45) is -9.05. The van der Waals surface area contributed by atoms with E-state index in [0.29, 0.717) is 23.3 Å². The summed E-state index contributed by atoms with van der Waals surface area (Å²) < 4.78 is 83.2. The minimum atomic E-state index is -4.96. The van der Waals surface area contributed by atoms with E-state index < -0.39 is 35.4 Å². The first kappa shape index (κ1) is 26.7. The first-order chi connectivity index (χ1) is 16.8. The lowest BCUT2D eigenvalue weighted by Gasteiger charge is -2.15. The molecule has 0 radical (unpaired) electrons. The molecule has 0 aliphatic heterocycles. The van der Waals surface area contributed by atoms with Gasteiger partial charge in [-0.05, 0) is 59.9 Å². The highest BCUT2D eigenvalue weighted by Gasteiger charge is 2.36. The second-order valence-electron chi connectivity index (χ2n) is 7.84. The largest absolute Gasteiger partial charge is 0.464 e. The number of benzene rings is 2. The third-order valence-corrected chi connectivity index (χ3v) is 5.33. The van der Waals surface area contributed by atoms with Gasteiger partial charge < -0.3 is 10.1 Å². The molecule has 1 heterocycles. The monoisotopic (exact) mass is 510 g/mol. The lowest BCUT2D eigenvalue weighted by molar-refractivity contribution is -0.143. The van der Waals surface area contributed by atoms with Crippen LogP contribution in [-0.4, -0.2) is 30.5 Å².